The van der Waals surface area contributed by atoms with Crippen LogP contribution in [0.2, 0.25) is 0 Å². The fourth-order valence-corrected chi connectivity index (χ4v) is 5.37. The molecule has 158 valence electrons. The van der Waals surface area contributed by atoms with Crippen molar-refractivity contribution in [1.82, 2.24) is 19.4 Å². The molecule has 1 aliphatic heterocycles. The number of likely N-dealkylation sites (tertiary alicyclic amines) is 1. The summed E-state index contributed by atoms with van der Waals surface area (Å²) in [6.45, 7) is 3.72. The van der Waals surface area contributed by atoms with E-state index in [9.17, 15) is 4.79 Å². The van der Waals surface area contributed by atoms with Crippen molar-refractivity contribution >= 4 is 28.6 Å². The molecule has 2 aromatic heterocycles. The van der Waals surface area contributed by atoms with Gasteiger partial charge in [0.2, 0.25) is 5.91 Å². The third kappa shape index (κ3) is 4.00. The molecule has 1 N–H and O–H groups in total. The monoisotopic (exact) mass is 430 g/mol. The number of hydrogen-bond donors (Lipinski definition) is 1. The third-order valence-corrected chi connectivity index (χ3v) is 7.17. The first kappa shape index (κ1) is 19.9. The molecule has 3 heterocycles. The number of aryl methyl sites for hydroxylation is 1. The lowest BCUT2D eigenvalue weighted by Gasteiger charge is -2.32. The SMILES string of the molecule is Cc1ccccc1-n1ccnc1SCC(=O)N1CCC(c2c[nH]c3ccccc23)CC1. The Hall–Kier alpha value is -2.99. The van der Waals surface area contributed by atoms with E-state index in [0.29, 0.717) is 11.7 Å². The molecule has 6 heteroatoms. The van der Waals surface area contributed by atoms with Crippen LogP contribution in [0, 0.1) is 6.92 Å². The number of aromatic nitrogens is 3. The number of fused-ring (bicyclic) bond motifs is 1. The average molecular weight is 431 g/mol. The Morgan fingerprint density at radius 2 is 1.90 bits per heavy atom. The number of para-hydroxylation sites is 2. The fraction of sp³-hybridized carbons (Fsp3) is 0.280. The Bertz CT molecular complexity index is 1200. The topological polar surface area (TPSA) is 53.9 Å². The van der Waals surface area contributed by atoms with Gasteiger partial charge in [-0.25, -0.2) is 4.98 Å². The van der Waals surface area contributed by atoms with Crippen LogP contribution in [-0.4, -0.2) is 44.2 Å². The van der Waals surface area contributed by atoms with E-state index in [0.717, 1.165) is 36.8 Å². The molecule has 5 rings (SSSR count). The molecule has 1 aliphatic rings. The Morgan fingerprint density at radius 1 is 1.13 bits per heavy atom. The smallest absolute Gasteiger partial charge is 0.233 e. The van der Waals surface area contributed by atoms with Crippen molar-refractivity contribution in [2.24, 2.45) is 0 Å². The highest BCUT2D eigenvalue weighted by atomic mass is 32.2. The van der Waals surface area contributed by atoms with Gasteiger partial charge in [0.25, 0.3) is 0 Å². The predicted molar refractivity (Wildman–Crippen MR) is 126 cm³/mol. The minimum absolute atomic E-state index is 0.196. The highest BCUT2D eigenvalue weighted by Crippen LogP contribution is 2.33. The van der Waals surface area contributed by atoms with E-state index in [-0.39, 0.29) is 5.91 Å². The molecule has 0 spiro atoms. The van der Waals surface area contributed by atoms with Crippen LogP contribution in [0.4, 0.5) is 0 Å². The predicted octanol–water partition coefficient (Wildman–Crippen LogP) is 5.16. The van der Waals surface area contributed by atoms with Crippen molar-refractivity contribution < 1.29 is 4.79 Å². The summed E-state index contributed by atoms with van der Waals surface area (Å²) in [6.07, 6.45) is 7.92. The summed E-state index contributed by atoms with van der Waals surface area (Å²) in [5.74, 6) is 1.12. The van der Waals surface area contributed by atoms with E-state index in [1.807, 2.05) is 23.2 Å². The van der Waals surface area contributed by atoms with Crippen molar-refractivity contribution in [3.63, 3.8) is 0 Å². The zero-order valence-electron chi connectivity index (χ0n) is 17.6. The van der Waals surface area contributed by atoms with Gasteiger partial charge < -0.3 is 9.88 Å². The lowest BCUT2D eigenvalue weighted by Crippen LogP contribution is -2.38. The number of H-pyrrole nitrogens is 1. The molecule has 1 fully saturated rings. The van der Waals surface area contributed by atoms with Crippen molar-refractivity contribution in [2.45, 2.75) is 30.8 Å². The van der Waals surface area contributed by atoms with Crippen LogP contribution in [0.1, 0.15) is 29.9 Å². The van der Waals surface area contributed by atoms with Crippen LogP contribution in [0.3, 0.4) is 0 Å². The van der Waals surface area contributed by atoms with Crippen molar-refractivity contribution in [2.75, 3.05) is 18.8 Å². The van der Waals surface area contributed by atoms with Crippen LogP contribution >= 0.6 is 11.8 Å². The number of rotatable bonds is 5. The first-order valence-corrected chi connectivity index (χ1v) is 11.7. The molecule has 1 amide bonds. The molecule has 4 aromatic rings. The second-order valence-electron chi connectivity index (χ2n) is 8.10. The van der Waals surface area contributed by atoms with E-state index < -0.39 is 0 Å². The van der Waals surface area contributed by atoms with Gasteiger partial charge in [0.1, 0.15) is 0 Å². The largest absolute Gasteiger partial charge is 0.361 e. The first-order chi connectivity index (χ1) is 15.2. The van der Waals surface area contributed by atoms with E-state index in [2.05, 4.69) is 64.1 Å². The second-order valence-corrected chi connectivity index (χ2v) is 9.04. The standard InChI is InChI=1S/C25H26N4OS/c1-18-6-2-5-9-23(18)29-15-12-26-25(29)31-17-24(30)28-13-10-19(11-14-28)21-16-27-22-8-4-3-7-20(21)22/h2-9,12,15-16,19,27H,10-11,13-14,17H2,1H3. The molecule has 0 radical (unpaired) electrons. The minimum atomic E-state index is 0.196. The number of thioether (sulfide) groups is 1. The van der Waals surface area contributed by atoms with Crippen LogP contribution < -0.4 is 0 Å². The van der Waals surface area contributed by atoms with Crippen LogP contribution in [0.5, 0.6) is 0 Å². The normalized spacial score (nSPS) is 14.9. The molecule has 2 aromatic carbocycles. The molecule has 0 atom stereocenters. The second kappa shape index (κ2) is 8.63. The lowest BCUT2D eigenvalue weighted by molar-refractivity contribution is -0.129. The van der Waals surface area contributed by atoms with E-state index in [1.165, 1.54) is 33.8 Å². The molecule has 5 nitrogen and oxygen atoms in total. The van der Waals surface area contributed by atoms with E-state index in [1.54, 1.807) is 6.20 Å². The molecule has 31 heavy (non-hydrogen) atoms. The van der Waals surface area contributed by atoms with Crippen LogP contribution in [0.15, 0.2) is 72.3 Å². The Morgan fingerprint density at radius 3 is 2.74 bits per heavy atom. The molecule has 0 saturated carbocycles. The summed E-state index contributed by atoms with van der Waals surface area (Å²) in [5.41, 5.74) is 4.87. The Balaban J connectivity index is 1.20. The summed E-state index contributed by atoms with van der Waals surface area (Å²) in [6, 6.07) is 16.7. The number of nitrogens with zero attached hydrogens (tertiary/aromatic N) is 3. The maximum atomic E-state index is 12.9. The highest BCUT2D eigenvalue weighted by molar-refractivity contribution is 7.99. The zero-order chi connectivity index (χ0) is 21.2. The minimum Gasteiger partial charge on any atom is -0.361 e. The number of aromatic amines is 1. The van der Waals surface area contributed by atoms with Crippen molar-refractivity contribution in [1.29, 1.82) is 0 Å². The molecule has 1 saturated heterocycles. The van der Waals surface area contributed by atoms with Gasteiger partial charge in [-0.2, -0.15) is 0 Å². The van der Waals surface area contributed by atoms with Gasteiger partial charge in [-0.15, -0.1) is 0 Å². The average Bonchev–Trinajstić information content (AvgIpc) is 3.45. The van der Waals surface area contributed by atoms with Gasteiger partial charge in [-0.3, -0.25) is 9.36 Å². The summed E-state index contributed by atoms with van der Waals surface area (Å²) in [4.78, 5) is 22.8. The van der Waals surface area contributed by atoms with Crippen molar-refractivity contribution in [3.8, 4) is 5.69 Å². The van der Waals surface area contributed by atoms with Gasteiger partial charge in [-0.05, 0) is 48.9 Å². The number of carbonyl (C=O) groups is 1. The van der Waals surface area contributed by atoms with Gasteiger partial charge >= 0.3 is 0 Å². The number of hydrogen-bond acceptors (Lipinski definition) is 3. The molecular formula is C25H26N4OS. The van der Waals surface area contributed by atoms with E-state index >= 15 is 0 Å². The lowest BCUT2D eigenvalue weighted by atomic mass is 9.89. The zero-order valence-corrected chi connectivity index (χ0v) is 18.4. The van der Waals surface area contributed by atoms with Crippen LogP contribution in [0.25, 0.3) is 16.6 Å². The third-order valence-electron chi connectivity index (χ3n) is 6.22. The highest BCUT2D eigenvalue weighted by Gasteiger charge is 2.25. The van der Waals surface area contributed by atoms with Gasteiger partial charge in [0.05, 0.1) is 11.4 Å². The van der Waals surface area contributed by atoms with Gasteiger partial charge in [-0.1, -0.05) is 48.2 Å². The maximum absolute atomic E-state index is 12.9. The Kier molecular flexibility index (Phi) is 5.55. The summed E-state index contributed by atoms with van der Waals surface area (Å²) in [7, 11) is 0. The molecule has 0 bridgehead atoms. The number of amides is 1. The fourth-order valence-electron chi connectivity index (χ4n) is 4.50. The number of imidazole rings is 1. The number of carbonyl (C=O) groups excluding carboxylic acids is 1. The molecule has 0 aliphatic carbocycles. The summed E-state index contributed by atoms with van der Waals surface area (Å²) in [5, 5.41) is 2.17. The molecule has 0 unspecified atom stereocenters. The van der Waals surface area contributed by atoms with E-state index in [4.69, 9.17) is 0 Å². The van der Waals surface area contributed by atoms with Gasteiger partial charge in [0.15, 0.2) is 5.16 Å². The van der Waals surface area contributed by atoms with Crippen LogP contribution in [-0.2, 0) is 4.79 Å². The summed E-state index contributed by atoms with van der Waals surface area (Å²) < 4.78 is 2.07. The number of nitrogens with one attached hydrogen (secondary N) is 1. The summed E-state index contributed by atoms with van der Waals surface area (Å²) >= 11 is 1.52. The Labute approximate surface area is 186 Å². The van der Waals surface area contributed by atoms with Gasteiger partial charge in [0, 0.05) is 42.6 Å². The quantitative estimate of drug-likeness (QED) is 0.445. The molecular weight excluding hydrogens is 404 g/mol. The maximum Gasteiger partial charge on any atom is 0.233 e. The number of piperidine rings is 1. The van der Waals surface area contributed by atoms with Crippen molar-refractivity contribution in [3.05, 3.63) is 78.2 Å². The first-order valence-electron chi connectivity index (χ1n) is 10.8. The number of benzene rings is 2.